The van der Waals surface area contributed by atoms with Crippen LogP contribution in [0.15, 0.2) is 48.5 Å². The SMILES string of the molecule is CCCCC(ON1C(C)(C)c2ccccc2C1(C)C)C(=O)ON1C(C)(C)c2ccccc2C1(C)C. The van der Waals surface area contributed by atoms with Gasteiger partial charge in [-0.3, -0.25) is 4.84 Å². The molecular formula is C30H42N2O3. The van der Waals surface area contributed by atoms with Crippen molar-refractivity contribution >= 4 is 5.97 Å². The Bertz CT molecular complexity index is 1030. The number of hydrogen-bond acceptors (Lipinski definition) is 5. The van der Waals surface area contributed by atoms with E-state index >= 15 is 0 Å². The zero-order chi connectivity index (χ0) is 25.8. The minimum atomic E-state index is -0.696. The van der Waals surface area contributed by atoms with Crippen molar-refractivity contribution in [3.05, 3.63) is 70.8 Å². The van der Waals surface area contributed by atoms with Crippen LogP contribution < -0.4 is 0 Å². The molecule has 5 heteroatoms. The molecule has 5 nitrogen and oxygen atoms in total. The molecule has 4 rings (SSSR count). The van der Waals surface area contributed by atoms with E-state index in [1.807, 2.05) is 22.3 Å². The topological polar surface area (TPSA) is 42.0 Å². The summed E-state index contributed by atoms with van der Waals surface area (Å²) in [7, 11) is 0. The predicted molar refractivity (Wildman–Crippen MR) is 139 cm³/mol. The second-order valence-electron chi connectivity index (χ2n) is 12.1. The molecule has 1 unspecified atom stereocenters. The fraction of sp³-hybridized carbons (Fsp3) is 0.567. The number of hydrogen-bond donors (Lipinski definition) is 0. The molecule has 0 amide bonds. The molecule has 190 valence electrons. The fourth-order valence-electron chi connectivity index (χ4n) is 6.31. The van der Waals surface area contributed by atoms with Crippen molar-refractivity contribution in [2.45, 2.75) is 110 Å². The molecule has 0 bridgehead atoms. The molecule has 0 fully saturated rings. The smallest absolute Gasteiger partial charge is 0.356 e. The van der Waals surface area contributed by atoms with E-state index in [1.54, 1.807) is 0 Å². The Morgan fingerprint density at radius 3 is 1.46 bits per heavy atom. The number of unbranched alkanes of at least 4 members (excludes halogenated alkanes) is 1. The van der Waals surface area contributed by atoms with Gasteiger partial charge in [0.25, 0.3) is 0 Å². The molecule has 0 radical (unpaired) electrons. The van der Waals surface area contributed by atoms with Crippen LogP contribution in [0, 0.1) is 0 Å². The first kappa shape index (κ1) is 25.9. The van der Waals surface area contributed by atoms with Gasteiger partial charge in [-0.15, -0.1) is 5.06 Å². The van der Waals surface area contributed by atoms with Crippen molar-refractivity contribution < 1.29 is 14.5 Å². The Kier molecular flexibility index (Phi) is 6.45. The number of carbonyl (C=O) groups excluding carboxylic acids is 1. The van der Waals surface area contributed by atoms with Crippen LogP contribution in [0.25, 0.3) is 0 Å². The Balaban J connectivity index is 1.62. The molecule has 0 N–H and O–H groups in total. The summed E-state index contributed by atoms with van der Waals surface area (Å²) in [5.74, 6) is -0.338. The Labute approximate surface area is 211 Å². The molecule has 2 heterocycles. The summed E-state index contributed by atoms with van der Waals surface area (Å²) in [6, 6.07) is 16.8. The zero-order valence-electron chi connectivity index (χ0n) is 22.9. The highest BCUT2D eigenvalue weighted by atomic mass is 16.8. The van der Waals surface area contributed by atoms with Gasteiger partial charge in [-0.25, -0.2) is 4.79 Å². The lowest BCUT2D eigenvalue weighted by molar-refractivity contribution is -0.305. The van der Waals surface area contributed by atoms with Gasteiger partial charge in [0.1, 0.15) is 0 Å². The van der Waals surface area contributed by atoms with Crippen LogP contribution in [0.2, 0.25) is 0 Å². The highest BCUT2D eigenvalue weighted by Crippen LogP contribution is 2.51. The third-order valence-corrected chi connectivity index (χ3v) is 8.02. The van der Waals surface area contributed by atoms with Gasteiger partial charge in [-0.1, -0.05) is 68.3 Å². The highest BCUT2D eigenvalue weighted by Gasteiger charge is 2.54. The monoisotopic (exact) mass is 478 g/mol. The second kappa shape index (κ2) is 8.72. The predicted octanol–water partition coefficient (Wildman–Crippen LogP) is 6.91. The maximum Gasteiger partial charge on any atom is 0.356 e. The van der Waals surface area contributed by atoms with E-state index in [0.29, 0.717) is 6.42 Å². The molecule has 0 aliphatic carbocycles. The van der Waals surface area contributed by atoms with E-state index in [0.717, 1.165) is 12.8 Å². The van der Waals surface area contributed by atoms with Gasteiger partial charge in [-0.2, -0.15) is 5.06 Å². The highest BCUT2D eigenvalue weighted by molar-refractivity contribution is 5.74. The average molecular weight is 479 g/mol. The summed E-state index contributed by atoms with van der Waals surface area (Å²) in [6.07, 6.45) is 1.77. The Morgan fingerprint density at radius 2 is 1.09 bits per heavy atom. The van der Waals surface area contributed by atoms with Crippen LogP contribution in [0.3, 0.4) is 0 Å². The van der Waals surface area contributed by atoms with E-state index in [4.69, 9.17) is 9.68 Å². The summed E-state index contributed by atoms with van der Waals surface area (Å²) >= 11 is 0. The van der Waals surface area contributed by atoms with E-state index in [1.165, 1.54) is 22.3 Å². The Hall–Kier alpha value is -2.21. The second-order valence-corrected chi connectivity index (χ2v) is 12.1. The first-order chi connectivity index (χ1) is 16.3. The number of carbonyl (C=O) groups is 1. The van der Waals surface area contributed by atoms with E-state index in [-0.39, 0.29) is 17.0 Å². The number of nitrogens with zero attached hydrogens (tertiary/aromatic N) is 2. The van der Waals surface area contributed by atoms with Crippen LogP contribution in [0.4, 0.5) is 0 Å². The van der Waals surface area contributed by atoms with E-state index in [2.05, 4.69) is 98.7 Å². The first-order valence-electron chi connectivity index (χ1n) is 13.0. The summed E-state index contributed by atoms with van der Waals surface area (Å²) in [5, 5.41) is 3.88. The average Bonchev–Trinajstić information content (AvgIpc) is 3.06. The molecule has 0 spiro atoms. The first-order valence-corrected chi connectivity index (χ1v) is 13.0. The third-order valence-electron chi connectivity index (χ3n) is 8.02. The molecule has 1 atom stereocenters. The summed E-state index contributed by atoms with van der Waals surface area (Å²) in [5.41, 5.74) is 3.15. The standard InChI is InChI=1S/C30H42N2O3/c1-10-11-20-25(34-31-27(2,3)21-16-12-13-17-22(21)28(31,4)5)26(33)35-32-29(6,7)23-18-14-15-19-24(23)30(32,8)9/h12-19,25H,10-11,20H2,1-9H3. The van der Waals surface area contributed by atoms with Gasteiger partial charge < -0.3 is 4.84 Å². The molecule has 2 aromatic carbocycles. The van der Waals surface area contributed by atoms with Crippen LogP contribution in [0.5, 0.6) is 0 Å². The molecule has 0 aromatic heterocycles. The number of benzene rings is 2. The third kappa shape index (κ3) is 4.02. The lowest BCUT2D eigenvalue weighted by Crippen LogP contribution is -2.52. The quantitative estimate of drug-likeness (QED) is 0.433. The van der Waals surface area contributed by atoms with Crippen molar-refractivity contribution in [1.29, 1.82) is 0 Å². The van der Waals surface area contributed by atoms with Crippen molar-refractivity contribution in [2.75, 3.05) is 0 Å². The number of hydroxylamine groups is 4. The molecule has 2 aromatic rings. The van der Waals surface area contributed by atoms with Gasteiger partial charge in [-0.05, 0) is 84.1 Å². The summed E-state index contributed by atoms with van der Waals surface area (Å²) in [4.78, 5) is 26.7. The maximum atomic E-state index is 13.8. The van der Waals surface area contributed by atoms with Crippen molar-refractivity contribution in [3.63, 3.8) is 0 Å². The largest absolute Gasteiger partial charge is 0.364 e. The van der Waals surface area contributed by atoms with Crippen molar-refractivity contribution in [2.24, 2.45) is 0 Å². The number of rotatable bonds is 7. The molecule has 2 aliphatic rings. The van der Waals surface area contributed by atoms with Gasteiger partial charge >= 0.3 is 5.97 Å². The zero-order valence-corrected chi connectivity index (χ0v) is 22.9. The minimum Gasteiger partial charge on any atom is -0.364 e. The van der Waals surface area contributed by atoms with E-state index in [9.17, 15) is 4.79 Å². The molecule has 2 aliphatic heterocycles. The fourth-order valence-corrected chi connectivity index (χ4v) is 6.31. The lowest BCUT2D eigenvalue weighted by atomic mass is 9.91. The minimum absolute atomic E-state index is 0.338. The van der Waals surface area contributed by atoms with Crippen LogP contribution in [0.1, 0.15) is 104 Å². The van der Waals surface area contributed by atoms with Crippen LogP contribution in [-0.2, 0) is 36.6 Å². The summed E-state index contributed by atoms with van der Waals surface area (Å²) in [6.45, 7) is 19.2. The maximum absolute atomic E-state index is 13.8. The van der Waals surface area contributed by atoms with Gasteiger partial charge in [0, 0.05) is 0 Å². The molecule has 0 saturated heterocycles. The molecular weight excluding hydrogens is 436 g/mol. The van der Waals surface area contributed by atoms with Crippen molar-refractivity contribution in [1.82, 2.24) is 10.1 Å². The van der Waals surface area contributed by atoms with Gasteiger partial charge in [0.2, 0.25) is 0 Å². The van der Waals surface area contributed by atoms with Crippen LogP contribution in [-0.4, -0.2) is 22.2 Å². The number of fused-ring (bicyclic) bond motifs is 2. The molecule has 35 heavy (non-hydrogen) atoms. The Morgan fingerprint density at radius 1 is 0.714 bits per heavy atom. The van der Waals surface area contributed by atoms with Gasteiger partial charge in [0.15, 0.2) is 6.10 Å². The van der Waals surface area contributed by atoms with Gasteiger partial charge in [0.05, 0.1) is 22.2 Å². The summed E-state index contributed by atoms with van der Waals surface area (Å²) < 4.78 is 0. The lowest BCUT2D eigenvalue weighted by Gasteiger charge is -2.42. The molecule has 0 saturated carbocycles. The van der Waals surface area contributed by atoms with E-state index < -0.39 is 17.2 Å². The van der Waals surface area contributed by atoms with Crippen LogP contribution >= 0.6 is 0 Å². The van der Waals surface area contributed by atoms with Crippen molar-refractivity contribution in [3.8, 4) is 0 Å². The normalized spacial score (nSPS) is 22.4.